The normalized spacial score (nSPS) is 16.1. The van der Waals surface area contributed by atoms with Gasteiger partial charge in [-0.3, -0.25) is 10.2 Å². The number of carbonyl (C=O) groups excluding carboxylic acids is 1. The van der Waals surface area contributed by atoms with Crippen molar-refractivity contribution < 1.29 is 23.8 Å². The lowest BCUT2D eigenvalue weighted by molar-refractivity contribution is -0.114. The summed E-state index contributed by atoms with van der Waals surface area (Å²) in [7, 11) is 0. The van der Waals surface area contributed by atoms with Crippen molar-refractivity contribution in [3.8, 4) is 17.2 Å². The molecule has 34 heavy (non-hydrogen) atoms. The molecule has 2 aliphatic heterocycles. The third-order valence-electron chi connectivity index (χ3n) is 5.35. The van der Waals surface area contributed by atoms with E-state index in [1.165, 1.54) is 16.2 Å². The van der Waals surface area contributed by atoms with E-state index in [0.717, 1.165) is 5.75 Å². The summed E-state index contributed by atoms with van der Waals surface area (Å²) in [5, 5.41) is 9.59. The minimum Gasteiger partial charge on any atom is -0.490 e. The molecule has 8 heteroatoms. The zero-order valence-electron chi connectivity index (χ0n) is 19.7. The molecule has 2 aliphatic rings. The van der Waals surface area contributed by atoms with Gasteiger partial charge in [0.15, 0.2) is 23.2 Å². The third-order valence-corrected chi connectivity index (χ3v) is 5.35. The van der Waals surface area contributed by atoms with Crippen LogP contribution in [0.3, 0.4) is 0 Å². The molecule has 2 aromatic rings. The van der Waals surface area contributed by atoms with Crippen molar-refractivity contribution in [2.24, 2.45) is 4.99 Å². The number of hydrogen-bond acceptors (Lipinski definition) is 6. The molecule has 0 saturated carbocycles. The van der Waals surface area contributed by atoms with Crippen molar-refractivity contribution >= 4 is 23.7 Å². The Balaban J connectivity index is 1.44. The van der Waals surface area contributed by atoms with Crippen LogP contribution in [-0.2, 0) is 9.63 Å². The van der Waals surface area contributed by atoms with E-state index in [0.29, 0.717) is 48.5 Å². The summed E-state index contributed by atoms with van der Waals surface area (Å²) < 4.78 is 17.4. The number of fused-ring (bicyclic) bond motifs is 1. The Morgan fingerprint density at radius 2 is 1.79 bits per heavy atom. The molecule has 4 rings (SSSR count). The van der Waals surface area contributed by atoms with E-state index in [1.54, 1.807) is 37.3 Å². The maximum absolute atomic E-state index is 12.5. The topological polar surface area (TPSA) is 93.4 Å². The number of rotatable bonds is 8. The van der Waals surface area contributed by atoms with E-state index >= 15 is 0 Å². The zero-order valence-corrected chi connectivity index (χ0v) is 19.7. The number of amidine groups is 2. The van der Waals surface area contributed by atoms with Gasteiger partial charge in [0, 0.05) is 6.08 Å². The molecule has 1 N–H and O–H groups in total. The standard InChI is InChI=1S/C26H27N3O5/c1-5-31-23-15-19(14-21-25(27)29-24(28-26(21)30)13-18(4)34-29)7-9-22(23)33-11-10-32-20-8-6-16(2)17(3)12-20/h6-9,12-15,27H,5,10-11H2,1-4H3/b21-14+,27-25?. The van der Waals surface area contributed by atoms with Crippen LogP contribution in [0, 0.1) is 19.3 Å². The number of allylic oxidation sites excluding steroid dienone is 1. The van der Waals surface area contributed by atoms with Crippen LogP contribution < -0.4 is 14.2 Å². The van der Waals surface area contributed by atoms with E-state index < -0.39 is 5.91 Å². The smallest absolute Gasteiger partial charge is 0.282 e. The second kappa shape index (κ2) is 9.82. The number of amides is 1. The van der Waals surface area contributed by atoms with Gasteiger partial charge in [0.05, 0.1) is 12.2 Å². The number of benzene rings is 2. The van der Waals surface area contributed by atoms with E-state index in [4.69, 9.17) is 24.5 Å². The average Bonchev–Trinajstić information content (AvgIpc) is 3.18. The monoisotopic (exact) mass is 461 g/mol. The van der Waals surface area contributed by atoms with Gasteiger partial charge in [0.1, 0.15) is 24.7 Å². The first-order valence-corrected chi connectivity index (χ1v) is 11.1. The highest BCUT2D eigenvalue weighted by atomic mass is 16.7. The number of ether oxygens (including phenoxy) is 3. The molecule has 0 fully saturated rings. The van der Waals surface area contributed by atoms with Gasteiger partial charge in [-0.1, -0.05) is 12.1 Å². The largest absolute Gasteiger partial charge is 0.490 e. The Labute approximate surface area is 198 Å². The first-order valence-electron chi connectivity index (χ1n) is 11.1. The number of hydroxylamine groups is 2. The maximum atomic E-state index is 12.5. The van der Waals surface area contributed by atoms with Crippen molar-refractivity contribution in [1.29, 1.82) is 5.41 Å². The van der Waals surface area contributed by atoms with Gasteiger partial charge in [0.2, 0.25) is 0 Å². The van der Waals surface area contributed by atoms with Crippen molar-refractivity contribution in [2.75, 3.05) is 19.8 Å². The Morgan fingerprint density at radius 1 is 1.00 bits per heavy atom. The van der Waals surface area contributed by atoms with Crippen molar-refractivity contribution in [1.82, 2.24) is 5.06 Å². The minimum absolute atomic E-state index is 0.0649. The lowest BCUT2D eigenvalue weighted by Crippen LogP contribution is -2.38. The van der Waals surface area contributed by atoms with Gasteiger partial charge >= 0.3 is 0 Å². The SMILES string of the molecule is CCOc1cc(/C=C2\C(=N)N3OC(C)=CC3=NC2=O)ccc1OCCOc1ccc(C)c(C)c1. The number of nitrogens with one attached hydrogen (secondary N) is 1. The molecule has 0 saturated heterocycles. The van der Waals surface area contributed by atoms with Crippen molar-refractivity contribution in [3.05, 3.63) is 70.5 Å². The number of hydrogen-bond donors (Lipinski definition) is 1. The van der Waals surface area contributed by atoms with Gasteiger partial charge in [-0.2, -0.15) is 4.99 Å². The molecule has 2 aromatic carbocycles. The van der Waals surface area contributed by atoms with E-state index in [-0.39, 0.29) is 11.4 Å². The molecule has 0 bridgehead atoms. The zero-order chi connectivity index (χ0) is 24.2. The summed E-state index contributed by atoms with van der Waals surface area (Å²) in [6.07, 6.45) is 3.21. The van der Waals surface area contributed by atoms with Gasteiger partial charge in [0.25, 0.3) is 5.91 Å². The van der Waals surface area contributed by atoms with Gasteiger partial charge < -0.3 is 19.0 Å². The highest BCUT2D eigenvalue weighted by Crippen LogP contribution is 2.31. The highest BCUT2D eigenvalue weighted by molar-refractivity contribution is 6.32. The van der Waals surface area contributed by atoms with Crippen LogP contribution in [0.15, 0.2) is 58.8 Å². The molecule has 0 aliphatic carbocycles. The van der Waals surface area contributed by atoms with Crippen LogP contribution in [0.5, 0.6) is 17.2 Å². The summed E-state index contributed by atoms with van der Waals surface area (Å²) in [4.78, 5) is 22.0. The minimum atomic E-state index is -0.493. The van der Waals surface area contributed by atoms with E-state index in [2.05, 4.69) is 11.9 Å². The number of aryl methyl sites for hydroxylation is 2. The summed E-state index contributed by atoms with van der Waals surface area (Å²) in [6.45, 7) is 8.91. The van der Waals surface area contributed by atoms with E-state index in [9.17, 15) is 4.79 Å². The highest BCUT2D eigenvalue weighted by Gasteiger charge is 2.34. The number of carbonyl (C=O) groups is 1. The molecule has 2 heterocycles. The van der Waals surface area contributed by atoms with Crippen LogP contribution in [-0.4, -0.2) is 42.5 Å². The summed E-state index contributed by atoms with van der Waals surface area (Å²) in [5.74, 6) is 2.23. The lowest BCUT2D eigenvalue weighted by Gasteiger charge is -2.23. The molecule has 0 aromatic heterocycles. The average molecular weight is 462 g/mol. The van der Waals surface area contributed by atoms with Crippen molar-refractivity contribution in [3.63, 3.8) is 0 Å². The van der Waals surface area contributed by atoms with Crippen LogP contribution in [0.4, 0.5) is 0 Å². The second-order valence-electron chi connectivity index (χ2n) is 7.90. The van der Waals surface area contributed by atoms with Crippen LogP contribution >= 0.6 is 0 Å². The third kappa shape index (κ3) is 4.96. The predicted octanol–water partition coefficient (Wildman–Crippen LogP) is 4.61. The number of aliphatic imine (C=N–C) groups is 1. The quantitative estimate of drug-likeness (QED) is 0.456. The molecule has 0 atom stereocenters. The fourth-order valence-corrected chi connectivity index (χ4v) is 3.48. The molecule has 0 spiro atoms. The Hall–Kier alpha value is -4.07. The summed E-state index contributed by atoms with van der Waals surface area (Å²) in [5.41, 5.74) is 3.20. The second-order valence-corrected chi connectivity index (χ2v) is 7.90. The predicted molar refractivity (Wildman–Crippen MR) is 129 cm³/mol. The van der Waals surface area contributed by atoms with Gasteiger partial charge in [-0.25, -0.2) is 0 Å². The van der Waals surface area contributed by atoms with Crippen LogP contribution in [0.2, 0.25) is 0 Å². The number of nitrogens with zero attached hydrogens (tertiary/aromatic N) is 2. The van der Waals surface area contributed by atoms with Crippen LogP contribution in [0.25, 0.3) is 6.08 Å². The first kappa shape index (κ1) is 23.1. The fourth-order valence-electron chi connectivity index (χ4n) is 3.48. The fraction of sp³-hybridized carbons (Fsp3) is 0.269. The van der Waals surface area contributed by atoms with Crippen molar-refractivity contribution in [2.45, 2.75) is 27.7 Å². The van der Waals surface area contributed by atoms with E-state index in [1.807, 2.05) is 32.0 Å². The summed E-state index contributed by atoms with van der Waals surface area (Å²) in [6, 6.07) is 11.3. The van der Waals surface area contributed by atoms with Gasteiger partial charge in [-0.15, -0.1) is 5.06 Å². The Morgan fingerprint density at radius 3 is 2.56 bits per heavy atom. The molecule has 0 radical (unpaired) electrons. The van der Waals surface area contributed by atoms with Crippen LogP contribution in [0.1, 0.15) is 30.5 Å². The molecule has 176 valence electrons. The molecule has 0 unspecified atom stereocenters. The maximum Gasteiger partial charge on any atom is 0.282 e. The molecule has 1 amide bonds. The summed E-state index contributed by atoms with van der Waals surface area (Å²) >= 11 is 0. The first-order chi connectivity index (χ1) is 16.4. The molecule has 8 nitrogen and oxygen atoms in total. The molecular weight excluding hydrogens is 434 g/mol. The molecular formula is C26H27N3O5. The Kier molecular flexibility index (Phi) is 6.67. The lowest BCUT2D eigenvalue weighted by atomic mass is 10.1. The Bertz CT molecular complexity index is 1230. The van der Waals surface area contributed by atoms with Gasteiger partial charge in [-0.05, 0) is 74.7 Å².